The van der Waals surface area contributed by atoms with E-state index in [-0.39, 0.29) is 5.50 Å². The molecule has 11 heavy (non-hydrogen) atoms. The standard InChI is InChI=1S/C8H9BrClN/c1-11-8(10)6-4-2-3-5-7(6)9/h2-5,8,11H,1H3. The molecule has 1 unspecified atom stereocenters. The lowest BCUT2D eigenvalue weighted by atomic mass is 10.2. The molecule has 3 heteroatoms. The highest BCUT2D eigenvalue weighted by Crippen LogP contribution is 2.24. The number of alkyl halides is 1. The summed E-state index contributed by atoms with van der Waals surface area (Å²) in [4.78, 5) is 0. The number of halogens is 2. The molecule has 0 aliphatic rings. The fourth-order valence-electron chi connectivity index (χ4n) is 0.836. The van der Waals surface area contributed by atoms with Gasteiger partial charge in [0.15, 0.2) is 0 Å². The van der Waals surface area contributed by atoms with Gasteiger partial charge in [-0.1, -0.05) is 34.1 Å². The van der Waals surface area contributed by atoms with Crippen molar-refractivity contribution in [3.63, 3.8) is 0 Å². The molecule has 1 aromatic rings. The second kappa shape index (κ2) is 4.10. The lowest BCUT2D eigenvalue weighted by Crippen LogP contribution is -2.10. The SMILES string of the molecule is CNC(Cl)c1ccccc1Br. The molecule has 1 nitrogen and oxygen atoms in total. The van der Waals surface area contributed by atoms with Crippen LogP contribution < -0.4 is 5.32 Å². The Morgan fingerprint density at radius 3 is 2.64 bits per heavy atom. The zero-order chi connectivity index (χ0) is 8.27. The highest BCUT2D eigenvalue weighted by molar-refractivity contribution is 9.10. The first-order valence-corrected chi connectivity index (χ1v) is 4.54. The summed E-state index contributed by atoms with van der Waals surface area (Å²) >= 11 is 9.37. The molecule has 0 aliphatic heterocycles. The Bertz CT molecular complexity index is 239. The molecule has 0 radical (unpaired) electrons. The van der Waals surface area contributed by atoms with E-state index in [1.165, 1.54) is 0 Å². The molecule has 0 heterocycles. The van der Waals surface area contributed by atoms with E-state index in [0.29, 0.717) is 0 Å². The Morgan fingerprint density at radius 1 is 1.45 bits per heavy atom. The average molecular weight is 235 g/mol. The van der Waals surface area contributed by atoms with Crippen LogP contribution in [0.5, 0.6) is 0 Å². The van der Waals surface area contributed by atoms with Crippen LogP contribution >= 0.6 is 27.5 Å². The van der Waals surface area contributed by atoms with Crippen molar-refractivity contribution < 1.29 is 0 Å². The van der Waals surface area contributed by atoms with Gasteiger partial charge in [-0.3, -0.25) is 0 Å². The Hall–Kier alpha value is -0.0500. The van der Waals surface area contributed by atoms with Gasteiger partial charge in [0.05, 0.1) is 0 Å². The van der Waals surface area contributed by atoms with Gasteiger partial charge < -0.3 is 5.32 Å². The summed E-state index contributed by atoms with van der Waals surface area (Å²) in [6.45, 7) is 0. The molecule has 0 aromatic heterocycles. The van der Waals surface area contributed by atoms with Crippen molar-refractivity contribution in [3.8, 4) is 0 Å². The van der Waals surface area contributed by atoms with Gasteiger partial charge in [0.1, 0.15) is 5.50 Å². The van der Waals surface area contributed by atoms with Crippen molar-refractivity contribution in [1.29, 1.82) is 0 Å². The van der Waals surface area contributed by atoms with E-state index < -0.39 is 0 Å². The fourth-order valence-corrected chi connectivity index (χ4v) is 1.67. The van der Waals surface area contributed by atoms with Crippen LogP contribution in [0.3, 0.4) is 0 Å². The maximum absolute atomic E-state index is 5.95. The molecule has 1 rings (SSSR count). The molecule has 1 aromatic carbocycles. The first-order valence-electron chi connectivity index (χ1n) is 3.31. The Morgan fingerprint density at radius 2 is 2.09 bits per heavy atom. The molecule has 0 bridgehead atoms. The van der Waals surface area contributed by atoms with Crippen LogP contribution in [0.25, 0.3) is 0 Å². The van der Waals surface area contributed by atoms with Crippen molar-refractivity contribution >= 4 is 27.5 Å². The molecule has 0 amide bonds. The lowest BCUT2D eigenvalue weighted by molar-refractivity contribution is 0.780. The third-order valence-electron chi connectivity index (χ3n) is 1.43. The predicted molar refractivity (Wildman–Crippen MR) is 51.8 cm³/mol. The predicted octanol–water partition coefficient (Wildman–Crippen LogP) is 2.91. The molecule has 1 atom stereocenters. The van der Waals surface area contributed by atoms with E-state index in [0.717, 1.165) is 10.0 Å². The summed E-state index contributed by atoms with van der Waals surface area (Å²) in [5, 5.41) is 2.96. The van der Waals surface area contributed by atoms with E-state index in [2.05, 4.69) is 21.2 Å². The van der Waals surface area contributed by atoms with E-state index >= 15 is 0 Å². The highest BCUT2D eigenvalue weighted by atomic mass is 79.9. The second-order valence-corrected chi connectivity index (χ2v) is 3.46. The third kappa shape index (κ3) is 2.19. The zero-order valence-corrected chi connectivity index (χ0v) is 8.48. The summed E-state index contributed by atoms with van der Waals surface area (Å²) in [7, 11) is 1.83. The number of rotatable bonds is 2. The van der Waals surface area contributed by atoms with Crippen LogP contribution in [0.2, 0.25) is 0 Å². The normalized spacial score (nSPS) is 13.0. The van der Waals surface area contributed by atoms with Crippen molar-refractivity contribution in [2.24, 2.45) is 0 Å². The Balaban J connectivity index is 2.93. The van der Waals surface area contributed by atoms with E-state index in [1.807, 2.05) is 31.3 Å². The van der Waals surface area contributed by atoms with Crippen LogP contribution in [0.1, 0.15) is 11.1 Å². The van der Waals surface area contributed by atoms with E-state index in [1.54, 1.807) is 0 Å². The molecule has 0 spiro atoms. The molecule has 0 aliphatic carbocycles. The minimum atomic E-state index is -0.120. The molecule has 0 fully saturated rings. The van der Waals surface area contributed by atoms with Crippen LogP contribution in [0.15, 0.2) is 28.7 Å². The second-order valence-electron chi connectivity index (χ2n) is 2.17. The first kappa shape index (κ1) is 9.04. The number of nitrogens with one attached hydrogen (secondary N) is 1. The van der Waals surface area contributed by atoms with Gasteiger partial charge in [-0.15, -0.1) is 11.6 Å². The van der Waals surface area contributed by atoms with Crippen LogP contribution in [0.4, 0.5) is 0 Å². The quantitative estimate of drug-likeness (QED) is 0.613. The lowest BCUT2D eigenvalue weighted by Gasteiger charge is -2.09. The maximum Gasteiger partial charge on any atom is 0.109 e. The fraction of sp³-hybridized carbons (Fsp3) is 0.250. The summed E-state index contributed by atoms with van der Waals surface area (Å²) < 4.78 is 1.04. The van der Waals surface area contributed by atoms with E-state index in [9.17, 15) is 0 Å². The molecule has 60 valence electrons. The molecule has 0 saturated heterocycles. The van der Waals surface area contributed by atoms with Crippen molar-refractivity contribution in [2.45, 2.75) is 5.50 Å². The number of benzene rings is 1. The van der Waals surface area contributed by atoms with Crippen molar-refractivity contribution in [1.82, 2.24) is 5.32 Å². The highest BCUT2D eigenvalue weighted by Gasteiger charge is 2.06. The maximum atomic E-state index is 5.95. The van der Waals surface area contributed by atoms with Gasteiger partial charge in [0.25, 0.3) is 0 Å². The van der Waals surface area contributed by atoms with Crippen LogP contribution in [-0.4, -0.2) is 7.05 Å². The monoisotopic (exact) mass is 233 g/mol. The number of hydrogen-bond acceptors (Lipinski definition) is 1. The summed E-state index contributed by atoms with van der Waals surface area (Å²) in [6, 6.07) is 7.89. The van der Waals surface area contributed by atoms with Gasteiger partial charge >= 0.3 is 0 Å². The first-order chi connectivity index (χ1) is 5.25. The zero-order valence-electron chi connectivity index (χ0n) is 6.14. The average Bonchev–Trinajstić information content (AvgIpc) is 2.04. The summed E-state index contributed by atoms with van der Waals surface area (Å²) in [6.07, 6.45) is 0. The summed E-state index contributed by atoms with van der Waals surface area (Å²) in [5.41, 5.74) is 0.947. The van der Waals surface area contributed by atoms with Crippen molar-refractivity contribution in [3.05, 3.63) is 34.3 Å². The largest absolute Gasteiger partial charge is 0.301 e. The minimum Gasteiger partial charge on any atom is -0.301 e. The van der Waals surface area contributed by atoms with Gasteiger partial charge in [-0.2, -0.15) is 0 Å². The van der Waals surface area contributed by atoms with E-state index in [4.69, 9.17) is 11.6 Å². The topological polar surface area (TPSA) is 12.0 Å². The van der Waals surface area contributed by atoms with Crippen LogP contribution in [0, 0.1) is 0 Å². The Kier molecular flexibility index (Phi) is 3.37. The van der Waals surface area contributed by atoms with Crippen LogP contribution in [-0.2, 0) is 0 Å². The minimum absolute atomic E-state index is 0.120. The van der Waals surface area contributed by atoms with Gasteiger partial charge in [-0.05, 0) is 18.7 Å². The van der Waals surface area contributed by atoms with Gasteiger partial charge in [0, 0.05) is 4.47 Å². The molecular formula is C8H9BrClN. The Labute approximate surface area is 79.9 Å². The van der Waals surface area contributed by atoms with Gasteiger partial charge in [0.2, 0.25) is 0 Å². The molecule has 0 saturated carbocycles. The number of hydrogen-bond donors (Lipinski definition) is 1. The smallest absolute Gasteiger partial charge is 0.109 e. The molecular weight excluding hydrogens is 225 g/mol. The third-order valence-corrected chi connectivity index (χ3v) is 2.61. The summed E-state index contributed by atoms with van der Waals surface area (Å²) in [5.74, 6) is 0. The molecule has 1 N–H and O–H groups in total. The van der Waals surface area contributed by atoms with Crippen molar-refractivity contribution in [2.75, 3.05) is 7.05 Å². The van der Waals surface area contributed by atoms with Gasteiger partial charge in [-0.25, -0.2) is 0 Å².